The summed E-state index contributed by atoms with van der Waals surface area (Å²) in [5.41, 5.74) is 6.13. The molecule has 0 saturated heterocycles. The van der Waals surface area contributed by atoms with E-state index in [-0.39, 0.29) is 12.1 Å². The van der Waals surface area contributed by atoms with E-state index < -0.39 is 0 Å². The molecule has 0 amide bonds. The quantitative estimate of drug-likeness (QED) is 0.175. The van der Waals surface area contributed by atoms with Gasteiger partial charge in [-0.05, 0) is 44.9 Å². The highest BCUT2D eigenvalue weighted by atomic mass is 16.3. The lowest BCUT2D eigenvalue weighted by atomic mass is 9.99. The van der Waals surface area contributed by atoms with Crippen molar-refractivity contribution in [1.82, 2.24) is 0 Å². The van der Waals surface area contributed by atoms with Gasteiger partial charge in [0.15, 0.2) is 0 Å². The fourth-order valence-electron chi connectivity index (χ4n) is 3.50. The van der Waals surface area contributed by atoms with Crippen molar-refractivity contribution in [2.75, 3.05) is 0 Å². The van der Waals surface area contributed by atoms with Crippen molar-refractivity contribution in [3.63, 3.8) is 0 Å². The second-order valence-electron chi connectivity index (χ2n) is 8.16. The van der Waals surface area contributed by atoms with E-state index in [4.69, 9.17) is 5.73 Å². The van der Waals surface area contributed by atoms with Crippen LogP contribution in [0.2, 0.25) is 0 Å². The first-order chi connectivity index (χ1) is 12.7. The number of allylic oxidation sites excluding steroid dienone is 2. The minimum atomic E-state index is -0.187. The van der Waals surface area contributed by atoms with Crippen molar-refractivity contribution in [3.8, 4) is 0 Å². The number of aliphatic hydroxyl groups is 1. The molecule has 0 aliphatic rings. The third kappa shape index (κ3) is 20.0. The van der Waals surface area contributed by atoms with Crippen LogP contribution >= 0.6 is 0 Å². The van der Waals surface area contributed by atoms with Crippen LogP contribution in [0.5, 0.6) is 0 Å². The highest BCUT2D eigenvalue weighted by Crippen LogP contribution is 2.13. The van der Waals surface area contributed by atoms with Crippen molar-refractivity contribution in [2.45, 2.75) is 142 Å². The number of hydrogen-bond donors (Lipinski definition) is 2. The largest absolute Gasteiger partial charge is 0.393 e. The predicted octanol–water partition coefficient (Wildman–Crippen LogP) is 7.29. The molecule has 0 aromatic heterocycles. The highest BCUT2D eigenvalue weighted by molar-refractivity contribution is 4.81. The summed E-state index contributed by atoms with van der Waals surface area (Å²) in [7, 11) is 0. The SMILES string of the molecule is CCCCCCCC/C=C\CCCCCCCC(N)CC(O)CCCC. The Labute approximate surface area is 165 Å². The van der Waals surface area contributed by atoms with Gasteiger partial charge in [0.05, 0.1) is 6.10 Å². The fourth-order valence-corrected chi connectivity index (χ4v) is 3.50. The van der Waals surface area contributed by atoms with Crippen molar-refractivity contribution in [2.24, 2.45) is 5.73 Å². The van der Waals surface area contributed by atoms with Gasteiger partial charge >= 0.3 is 0 Å². The molecule has 2 nitrogen and oxygen atoms in total. The smallest absolute Gasteiger partial charge is 0.0555 e. The van der Waals surface area contributed by atoms with E-state index in [0.29, 0.717) is 0 Å². The van der Waals surface area contributed by atoms with Crippen LogP contribution in [0.1, 0.15) is 129 Å². The van der Waals surface area contributed by atoms with Gasteiger partial charge in [-0.2, -0.15) is 0 Å². The van der Waals surface area contributed by atoms with Crippen molar-refractivity contribution in [3.05, 3.63) is 12.2 Å². The third-order valence-electron chi connectivity index (χ3n) is 5.30. The molecule has 2 heteroatoms. The number of aliphatic hydroxyl groups excluding tert-OH is 1. The van der Waals surface area contributed by atoms with Crippen LogP contribution < -0.4 is 5.73 Å². The zero-order valence-corrected chi connectivity index (χ0v) is 18.1. The number of unbranched alkanes of at least 4 members (excludes halogenated alkanes) is 12. The van der Waals surface area contributed by atoms with E-state index in [2.05, 4.69) is 26.0 Å². The Hall–Kier alpha value is -0.340. The Kier molecular flexibility index (Phi) is 20.7. The van der Waals surface area contributed by atoms with Gasteiger partial charge in [0.25, 0.3) is 0 Å². The summed E-state index contributed by atoms with van der Waals surface area (Å²) in [6.45, 7) is 4.44. The Morgan fingerprint density at radius 3 is 1.73 bits per heavy atom. The zero-order valence-electron chi connectivity index (χ0n) is 18.1. The van der Waals surface area contributed by atoms with Crippen molar-refractivity contribution >= 4 is 0 Å². The maximum atomic E-state index is 9.89. The second kappa shape index (κ2) is 21.0. The van der Waals surface area contributed by atoms with Gasteiger partial charge in [-0.3, -0.25) is 0 Å². The van der Waals surface area contributed by atoms with Gasteiger partial charge in [-0.25, -0.2) is 0 Å². The summed E-state index contributed by atoms with van der Waals surface area (Å²) >= 11 is 0. The topological polar surface area (TPSA) is 46.2 Å². The van der Waals surface area contributed by atoms with Crippen LogP contribution in [0, 0.1) is 0 Å². The summed E-state index contributed by atoms with van der Waals surface area (Å²) in [6.07, 6.45) is 27.0. The molecule has 0 spiro atoms. The van der Waals surface area contributed by atoms with E-state index in [0.717, 1.165) is 32.1 Å². The Morgan fingerprint density at radius 1 is 0.654 bits per heavy atom. The molecule has 0 bridgehead atoms. The molecule has 0 fully saturated rings. The first kappa shape index (κ1) is 25.7. The molecule has 0 aromatic rings. The van der Waals surface area contributed by atoms with E-state index >= 15 is 0 Å². The summed E-state index contributed by atoms with van der Waals surface area (Å²) in [4.78, 5) is 0. The lowest BCUT2D eigenvalue weighted by molar-refractivity contribution is 0.141. The van der Waals surface area contributed by atoms with Crippen LogP contribution in [0.3, 0.4) is 0 Å². The van der Waals surface area contributed by atoms with Gasteiger partial charge < -0.3 is 10.8 Å². The van der Waals surface area contributed by atoms with Crippen LogP contribution in [0.25, 0.3) is 0 Å². The molecule has 0 radical (unpaired) electrons. The third-order valence-corrected chi connectivity index (χ3v) is 5.30. The highest BCUT2D eigenvalue weighted by Gasteiger charge is 2.09. The van der Waals surface area contributed by atoms with E-state index in [1.165, 1.54) is 83.5 Å². The molecule has 0 aliphatic carbocycles. The standard InChI is InChI=1S/C24H49NO/c1-3-5-7-8-9-10-11-12-13-14-15-16-17-18-19-20-23(25)22-24(26)21-6-4-2/h12-13,23-24,26H,3-11,14-22,25H2,1-2H3/b13-12-. The molecule has 2 atom stereocenters. The zero-order chi connectivity index (χ0) is 19.3. The average Bonchev–Trinajstić information content (AvgIpc) is 2.63. The Morgan fingerprint density at radius 2 is 1.15 bits per heavy atom. The number of rotatable bonds is 20. The van der Waals surface area contributed by atoms with Gasteiger partial charge in [-0.1, -0.05) is 96.6 Å². The summed E-state index contributed by atoms with van der Waals surface area (Å²) in [5, 5.41) is 9.89. The van der Waals surface area contributed by atoms with Crippen LogP contribution in [0.15, 0.2) is 12.2 Å². The van der Waals surface area contributed by atoms with Gasteiger partial charge in [0.1, 0.15) is 0 Å². The van der Waals surface area contributed by atoms with E-state index in [9.17, 15) is 5.11 Å². The van der Waals surface area contributed by atoms with Gasteiger partial charge in [-0.15, -0.1) is 0 Å². The maximum absolute atomic E-state index is 9.89. The predicted molar refractivity (Wildman–Crippen MR) is 118 cm³/mol. The monoisotopic (exact) mass is 367 g/mol. The first-order valence-electron chi connectivity index (χ1n) is 11.8. The average molecular weight is 368 g/mol. The molecule has 26 heavy (non-hydrogen) atoms. The van der Waals surface area contributed by atoms with Crippen molar-refractivity contribution in [1.29, 1.82) is 0 Å². The lowest BCUT2D eigenvalue weighted by Crippen LogP contribution is -2.26. The van der Waals surface area contributed by atoms with E-state index in [1.807, 2.05) is 0 Å². The summed E-state index contributed by atoms with van der Waals surface area (Å²) in [6, 6.07) is 0.187. The molecule has 3 N–H and O–H groups in total. The van der Waals surface area contributed by atoms with Gasteiger partial charge in [0, 0.05) is 6.04 Å². The molecular formula is C24H49NO. The van der Waals surface area contributed by atoms with Crippen LogP contribution in [0.4, 0.5) is 0 Å². The van der Waals surface area contributed by atoms with Crippen LogP contribution in [-0.4, -0.2) is 17.3 Å². The summed E-state index contributed by atoms with van der Waals surface area (Å²) < 4.78 is 0. The number of nitrogens with two attached hydrogens (primary N) is 1. The molecule has 0 rings (SSSR count). The maximum Gasteiger partial charge on any atom is 0.0555 e. The molecule has 156 valence electrons. The van der Waals surface area contributed by atoms with Gasteiger partial charge in [0.2, 0.25) is 0 Å². The molecular weight excluding hydrogens is 318 g/mol. The number of hydrogen-bond acceptors (Lipinski definition) is 2. The minimum absolute atomic E-state index is 0.187. The van der Waals surface area contributed by atoms with E-state index in [1.54, 1.807) is 0 Å². The first-order valence-corrected chi connectivity index (χ1v) is 11.8. The lowest BCUT2D eigenvalue weighted by Gasteiger charge is -2.16. The molecule has 0 saturated carbocycles. The molecule has 2 unspecified atom stereocenters. The van der Waals surface area contributed by atoms with Crippen molar-refractivity contribution < 1.29 is 5.11 Å². The Bertz CT molecular complexity index is 290. The fraction of sp³-hybridized carbons (Fsp3) is 0.917. The normalized spacial score (nSPS) is 14.2. The molecule has 0 aromatic carbocycles. The minimum Gasteiger partial charge on any atom is -0.393 e. The Balaban J connectivity index is 3.26. The molecule has 0 heterocycles. The molecule has 0 aliphatic heterocycles. The summed E-state index contributed by atoms with van der Waals surface area (Å²) in [5.74, 6) is 0. The van der Waals surface area contributed by atoms with Crippen LogP contribution in [-0.2, 0) is 0 Å². The second-order valence-corrected chi connectivity index (χ2v) is 8.16.